The molecule has 0 radical (unpaired) electrons. The number of aromatic nitrogens is 2. The maximum absolute atomic E-state index is 14.5. The van der Waals surface area contributed by atoms with Crippen LogP contribution in [0.3, 0.4) is 0 Å². The summed E-state index contributed by atoms with van der Waals surface area (Å²) in [6.07, 6.45) is 0.154. The molecule has 1 fully saturated rings. The topological polar surface area (TPSA) is 29.0 Å². The minimum atomic E-state index is -4.43. The van der Waals surface area contributed by atoms with E-state index in [1.165, 1.54) is 18.5 Å². The molecule has 1 aliphatic rings. The number of pyridine rings is 2. The van der Waals surface area contributed by atoms with Crippen LogP contribution >= 0.6 is 0 Å². The predicted octanol–water partition coefficient (Wildman–Crippen LogP) is 4.42. The monoisotopic (exact) mass is 339 g/mol. The van der Waals surface area contributed by atoms with Crippen LogP contribution in [-0.4, -0.2) is 23.1 Å². The Bertz CT molecular complexity index is 650. The molecule has 0 spiro atoms. The normalized spacial score (nSPS) is 17.8. The summed E-state index contributed by atoms with van der Waals surface area (Å²) in [7, 11) is 0. The molecule has 7 heteroatoms. The van der Waals surface area contributed by atoms with Crippen LogP contribution in [0.2, 0.25) is 0 Å². The first-order chi connectivity index (χ1) is 11.4. The third kappa shape index (κ3) is 3.66. The lowest BCUT2D eigenvalue weighted by atomic mass is 9.89. The Labute approximate surface area is 137 Å². The van der Waals surface area contributed by atoms with E-state index in [9.17, 15) is 17.6 Å². The van der Waals surface area contributed by atoms with Crippen molar-refractivity contribution in [1.82, 2.24) is 9.97 Å². The number of hydrogen-bond donors (Lipinski definition) is 0. The SMILES string of the molecule is FC(c1cccnc1)C1CCN(c2ccc(C(F)(F)F)nc2)CC1. The molecule has 2 aromatic heterocycles. The lowest BCUT2D eigenvalue weighted by molar-refractivity contribution is -0.141. The van der Waals surface area contributed by atoms with Crippen LogP contribution < -0.4 is 4.90 Å². The van der Waals surface area contributed by atoms with Crippen molar-refractivity contribution in [2.75, 3.05) is 18.0 Å². The molecule has 0 saturated carbocycles. The van der Waals surface area contributed by atoms with Crippen LogP contribution in [0.15, 0.2) is 42.9 Å². The second kappa shape index (κ2) is 6.75. The summed E-state index contributed by atoms with van der Waals surface area (Å²) in [5.74, 6) is -0.104. The van der Waals surface area contributed by atoms with Gasteiger partial charge in [0, 0.05) is 31.0 Å². The van der Waals surface area contributed by atoms with Crippen molar-refractivity contribution < 1.29 is 17.6 Å². The molecule has 2 aromatic rings. The molecule has 0 N–H and O–H groups in total. The molecule has 128 valence electrons. The highest BCUT2D eigenvalue weighted by atomic mass is 19.4. The maximum Gasteiger partial charge on any atom is 0.433 e. The number of rotatable bonds is 3. The zero-order valence-corrected chi connectivity index (χ0v) is 12.9. The Balaban J connectivity index is 1.61. The lowest BCUT2D eigenvalue weighted by Crippen LogP contribution is -2.35. The number of alkyl halides is 4. The first-order valence-electron chi connectivity index (χ1n) is 7.77. The smallest absolute Gasteiger partial charge is 0.370 e. The van der Waals surface area contributed by atoms with Crippen molar-refractivity contribution in [3.8, 4) is 0 Å². The molecule has 0 aliphatic carbocycles. The van der Waals surface area contributed by atoms with Crippen molar-refractivity contribution in [3.05, 3.63) is 54.1 Å². The van der Waals surface area contributed by atoms with Gasteiger partial charge in [-0.15, -0.1) is 0 Å². The number of nitrogens with zero attached hydrogens (tertiary/aromatic N) is 3. The minimum absolute atomic E-state index is 0.104. The molecule has 3 nitrogen and oxygen atoms in total. The summed E-state index contributed by atoms with van der Waals surface area (Å²) in [5, 5.41) is 0. The summed E-state index contributed by atoms with van der Waals surface area (Å²) in [6, 6.07) is 5.84. The van der Waals surface area contributed by atoms with Crippen molar-refractivity contribution in [2.24, 2.45) is 5.92 Å². The van der Waals surface area contributed by atoms with Crippen LogP contribution in [0.4, 0.5) is 23.2 Å². The van der Waals surface area contributed by atoms with Gasteiger partial charge in [0.25, 0.3) is 0 Å². The van der Waals surface area contributed by atoms with E-state index >= 15 is 0 Å². The van der Waals surface area contributed by atoms with Gasteiger partial charge in [0.1, 0.15) is 11.9 Å². The number of piperidine rings is 1. The van der Waals surface area contributed by atoms with E-state index < -0.39 is 18.0 Å². The Hall–Kier alpha value is -2.18. The van der Waals surface area contributed by atoms with Crippen molar-refractivity contribution in [1.29, 1.82) is 0 Å². The summed E-state index contributed by atoms with van der Waals surface area (Å²) >= 11 is 0. The highest BCUT2D eigenvalue weighted by molar-refractivity contribution is 5.45. The van der Waals surface area contributed by atoms with E-state index in [0.29, 0.717) is 37.2 Å². The Morgan fingerprint density at radius 3 is 2.38 bits per heavy atom. The first kappa shape index (κ1) is 16.7. The summed E-state index contributed by atoms with van der Waals surface area (Å²) in [6.45, 7) is 1.19. The van der Waals surface area contributed by atoms with E-state index in [1.54, 1.807) is 18.3 Å². The Morgan fingerprint density at radius 2 is 1.83 bits per heavy atom. The maximum atomic E-state index is 14.5. The van der Waals surface area contributed by atoms with Crippen LogP contribution in [0.25, 0.3) is 0 Å². The van der Waals surface area contributed by atoms with Crippen molar-refractivity contribution >= 4 is 5.69 Å². The first-order valence-corrected chi connectivity index (χ1v) is 7.77. The standard InChI is InChI=1S/C17H17F4N3/c18-16(13-2-1-7-22-10-13)12-5-8-24(9-6-12)14-3-4-15(23-11-14)17(19,20)21/h1-4,7,10-12,16H,5-6,8-9H2. The van der Waals surface area contributed by atoms with Crippen LogP contribution in [0.1, 0.15) is 30.3 Å². The fourth-order valence-electron chi connectivity index (χ4n) is 3.00. The molecule has 3 rings (SSSR count). The highest BCUT2D eigenvalue weighted by Gasteiger charge is 2.33. The fourth-order valence-corrected chi connectivity index (χ4v) is 3.00. The van der Waals surface area contributed by atoms with Crippen molar-refractivity contribution in [3.63, 3.8) is 0 Å². The molecular weight excluding hydrogens is 322 g/mol. The summed E-state index contributed by atoms with van der Waals surface area (Å²) in [4.78, 5) is 9.36. The third-order valence-corrected chi connectivity index (χ3v) is 4.36. The Kier molecular flexibility index (Phi) is 4.69. The van der Waals surface area contributed by atoms with Gasteiger partial charge in [-0.3, -0.25) is 4.98 Å². The minimum Gasteiger partial charge on any atom is -0.370 e. The van der Waals surface area contributed by atoms with E-state index in [1.807, 2.05) is 4.90 Å². The molecule has 1 unspecified atom stereocenters. The van der Waals surface area contributed by atoms with Gasteiger partial charge < -0.3 is 4.90 Å². The van der Waals surface area contributed by atoms with Gasteiger partial charge >= 0.3 is 6.18 Å². The molecule has 3 heterocycles. The van der Waals surface area contributed by atoms with Gasteiger partial charge in [-0.05, 0) is 37.0 Å². The van der Waals surface area contributed by atoms with Crippen LogP contribution in [-0.2, 0) is 6.18 Å². The number of anilines is 1. The summed E-state index contributed by atoms with van der Waals surface area (Å²) in [5.41, 5.74) is 0.312. The van der Waals surface area contributed by atoms with Gasteiger partial charge in [0.05, 0.1) is 11.9 Å². The zero-order chi connectivity index (χ0) is 17.2. The molecule has 1 atom stereocenters. The molecule has 1 saturated heterocycles. The zero-order valence-electron chi connectivity index (χ0n) is 12.9. The molecule has 0 bridgehead atoms. The molecule has 0 aromatic carbocycles. The van der Waals surface area contributed by atoms with E-state index in [0.717, 1.165) is 6.07 Å². The molecular formula is C17H17F4N3. The molecule has 24 heavy (non-hydrogen) atoms. The second-order valence-electron chi connectivity index (χ2n) is 5.91. The van der Waals surface area contributed by atoms with E-state index in [2.05, 4.69) is 9.97 Å². The molecule has 0 amide bonds. The number of hydrogen-bond acceptors (Lipinski definition) is 3. The van der Waals surface area contributed by atoms with E-state index in [-0.39, 0.29) is 5.92 Å². The highest BCUT2D eigenvalue weighted by Crippen LogP contribution is 2.35. The third-order valence-electron chi connectivity index (χ3n) is 4.36. The van der Waals surface area contributed by atoms with Gasteiger partial charge in [0.2, 0.25) is 0 Å². The Morgan fingerprint density at radius 1 is 1.08 bits per heavy atom. The largest absolute Gasteiger partial charge is 0.433 e. The average Bonchev–Trinajstić information content (AvgIpc) is 2.61. The second-order valence-corrected chi connectivity index (χ2v) is 5.91. The van der Waals surface area contributed by atoms with Crippen LogP contribution in [0.5, 0.6) is 0 Å². The van der Waals surface area contributed by atoms with Gasteiger partial charge in [0.15, 0.2) is 0 Å². The number of halogens is 4. The van der Waals surface area contributed by atoms with Crippen molar-refractivity contribution in [2.45, 2.75) is 25.2 Å². The van der Waals surface area contributed by atoms with E-state index in [4.69, 9.17) is 0 Å². The van der Waals surface area contributed by atoms with Crippen LogP contribution in [0, 0.1) is 5.92 Å². The van der Waals surface area contributed by atoms with Gasteiger partial charge in [-0.25, -0.2) is 9.37 Å². The predicted molar refractivity (Wildman–Crippen MR) is 82.3 cm³/mol. The van der Waals surface area contributed by atoms with Gasteiger partial charge in [-0.2, -0.15) is 13.2 Å². The average molecular weight is 339 g/mol. The quantitative estimate of drug-likeness (QED) is 0.775. The summed E-state index contributed by atoms with van der Waals surface area (Å²) < 4.78 is 52.2. The lowest BCUT2D eigenvalue weighted by Gasteiger charge is -2.34. The molecule has 1 aliphatic heterocycles. The fraction of sp³-hybridized carbons (Fsp3) is 0.412. The van der Waals surface area contributed by atoms with Gasteiger partial charge in [-0.1, -0.05) is 6.07 Å².